The number of hydrogen-bond donors (Lipinski definition) is 3. The van der Waals surface area contributed by atoms with Crippen LogP contribution in [0.25, 0.3) is 0 Å². The summed E-state index contributed by atoms with van der Waals surface area (Å²) < 4.78 is 19.7. The minimum Gasteiger partial charge on any atom is -0.394 e. The molecule has 1 aliphatic heterocycles. The second kappa shape index (κ2) is 4.63. The van der Waals surface area contributed by atoms with Crippen molar-refractivity contribution in [3.8, 4) is 0 Å². The van der Waals surface area contributed by atoms with Gasteiger partial charge in [-0.15, -0.1) is 0 Å². The Hall–Kier alpha value is -1.51. The van der Waals surface area contributed by atoms with Crippen LogP contribution in [0.15, 0.2) is 15.8 Å². The van der Waals surface area contributed by atoms with E-state index in [1.807, 2.05) is 4.98 Å². The number of alkyl halides is 1. The van der Waals surface area contributed by atoms with E-state index in [1.165, 1.54) is 6.92 Å². The number of aromatic nitrogens is 2. The Kier molecular flexibility index (Phi) is 3.33. The quantitative estimate of drug-likeness (QED) is 0.595. The normalized spacial score (nSPS) is 31.8. The van der Waals surface area contributed by atoms with E-state index in [2.05, 4.69) is 0 Å². The molecule has 1 unspecified atom stereocenters. The third kappa shape index (κ3) is 1.98. The molecule has 2 rings (SSSR count). The average molecular weight is 259 g/mol. The van der Waals surface area contributed by atoms with E-state index in [4.69, 9.17) is 9.84 Å². The number of ether oxygens (including phenoxy) is 1. The van der Waals surface area contributed by atoms with E-state index in [1.54, 1.807) is 0 Å². The van der Waals surface area contributed by atoms with Gasteiger partial charge in [0.1, 0.15) is 12.2 Å². The van der Waals surface area contributed by atoms with Crippen LogP contribution in [-0.4, -0.2) is 44.8 Å². The summed E-state index contributed by atoms with van der Waals surface area (Å²) in [6, 6.07) is 0. The highest BCUT2D eigenvalue weighted by molar-refractivity contribution is 5.03. The van der Waals surface area contributed by atoms with Crippen molar-refractivity contribution in [1.82, 2.24) is 9.55 Å². The Morgan fingerprint density at radius 2 is 2.22 bits per heavy atom. The van der Waals surface area contributed by atoms with Crippen molar-refractivity contribution < 1.29 is 19.3 Å². The number of aliphatic hydroxyl groups is 2. The molecular weight excluding hydrogens is 246 g/mol. The zero-order chi connectivity index (χ0) is 13.4. The molecule has 0 amide bonds. The summed E-state index contributed by atoms with van der Waals surface area (Å²) in [5, 5.41) is 18.3. The third-order valence-corrected chi connectivity index (χ3v) is 2.89. The topological polar surface area (TPSA) is 105 Å². The number of nitrogens with one attached hydrogen (secondary N) is 1. The predicted molar refractivity (Wildman–Crippen MR) is 58.0 cm³/mol. The molecule has 0 saturated carbocycles. The summed E-state index contributed by atoms with van der Waals surface area (Å²) in [5.74, 6) is 0. The average Bonchev–Trinajstić information content (AvgIpc) is 2.61. The van der Waals surface area contributed by atoms with Gasteiger partial charge in [-0.2, -0.15) is 0 Å². The molecule has 0 spiro atoms. The highest BCUT2D eigenvalue weighted by Gasteiger charge is 2.45. The van der Waals surface area contributed by atoms with Crippen LogP contribution in [0, 0.1) is 6.92 Å². The Bertz CT molecular complexity index is 554. The molecule has 0 aromatic carbocycles. The lowest BCUT2D eigenvalue weighted by molar-refractivity contribution is -0.0492. The van der Waals surface area contributed by atoms with Crippen LogP contribution >= 0.6 is 0 Å². The fraction of sp³-hybridized carbons (Fsp3) is 0.600. The molecule has 4 atom stereocenters. The molecule has 100 valence electrons. The molecule has 1 saturated heterocycles. The van der Waals surface area contributed by atoms with Crippen LogP contribution in [0.5, 0.6) is 0 Å². The van der Waals surface area contributed by atoms with E-state index in [9.17, 15) is 19.1 Å². The highest BCUT2D eigenvalue weighted by atomic mass is 18.2. The summed E-state index contributed by atoms with van der Waals surface area (Å²) in [5.41, 5.74) is -1.18. The second-order valence-electron chi connectivity index (χ2n) is 4.16. The standard InChI is InChI=1S/C10H13FN2O5/c1-4-2-13(10(17)12-8(4)16)9-6(11)7(15)5(3-14)18-9/h2,5-7,9,14-15H,3H2,1H3,(H,12,16,17)/t5-,6-,7?,9-/m1/s1/i11-1. The molecule has 1 fully saturated rings. The van der Waals surface area contributed by atoms with Gasteiger partial charge in [0.25, 0.3) is 5.56 Å². The lowest BCUT2D eigenvalue weighted by Crippen LogP contribution is -2.36. The molecule has 3 N–H and O–H groups in total. The lowest BCUT2D eigenvalue weighted by atomic mass is 10.1. The molecular formula is C10H13FN2O5. The molecule has 0 aliphatic carbocycles. The first kappa shape index (κ1) is 12.9. The molecule has 18 heavy (non-hydrogen) atoms. The van der Waals surface area contributed by atoms with Crippen molar-refractivity contribution in [2.45, 2.75) is 31.5 Å². The number of H-pyrrole nitrogens is 1. The molecule has 0 bridgehead atoms. The molecule has 1 aliphatic rings. The van der Waals surface area contributed by atoms with E-state index in [-0.39, 0.29) is 5.56 Å². The van der Waals surface area contributed by atoms with Crippen molar-refractivity contribution in [2.75, 3.05) is 6.61 Å². The largest absolute Gasteiger partial charge is 0.394 e. The van der Waals surface area contributed by atoms with Gasteiger partial charge in [-0.1, -0.05) is 0 Å². The van der Waals surface area contributed by atoms with Gasteiger partial charge < -0.3 is 14.9 Å². The summed E-state index contributed by atoms with van der Waals surface area (Å²) in [7, 11) is 0. The number of rotatable bonds is 2. The zero-order valence-corrected chi connectivity index (χ0v) is 9.54. The van der Waals surface area contributed by atoms with Gasteiger partial charge in [0.2, 0.25) is 0 Å². The molecule has 8 heteroatoms. The van der Waals surface area contributed by atoms with Crippen LogP contribution in [0.4, 0.5) is 4.39 Å². The van der Waals surface area contributed by atoms with Gasteiger partial charge in [-0.3, -0.25) is 14.3 Å². The minimum atomic E-state index is -1.86. The molecule has 7 nitrogen and oxygen atoms in total. The Balaban J connectivity index is 2.42. The van der Waals surface area contributed by atoms with Crippen LogP contribution in [0.3, 0.4) is 0 Å². The fourth-order valence-electron chi connectivity index (χ4n) is 1.85. The van der Waals surface area contributed by atoms with E-state index < -0.39 is 42.5 Å². The lowest BCUT2D eigenvalue weighted by Gasteiger charge is -2.15. The molecule has 0 radical (unpaired) electrons. The predicted octanol–water partition coefficient (Wildman–Crippen LogP) is -1.57. The van der Waals surface area contributed by atoms with Gasteiger partial charge in [0.15, 0.2) is 12.4 Å². The summed E-state index contributed by atoms with van der Waals surface area (Å²) >= 11 is 0. The maximum atomic E-state index is 13.8. The van der Waals surface area contributed by atoms with Gasteiger partial charge >= 0.3 is 5.69 Å². The van der Waals surface area contributed by atoms with Gasteiger partial charge in [0.05, 0.1) is 6.61 Å². The third-order valence-electron chi connectivity index (χ3n) is 2.89. The number of aliphatic hydroxyl groups excluding tert-OH is 2. The number of aromatic amines is 1. The molecule has 2 heterocycles. The van der Waals surface area contributed by atoms with Crippen LogP contribution in [0.2, 0.25) is 0 Å². The first-order chi connectivity index (χ1) is 8.45. The number of hydrogen-bond acceptors (Lipinski definition) is 5. The van der Waals surface area contributed by atoms with Crippen LogP contribution in [0.1, 0.15) is 11.8 Å². The first-order valence-corrected chi connectivity index (χ1v) is 5.36. The SMILES string of the molecule is Cc1cn([C@@H]2O[C@H](CO)C(O)[C@H]2[18F])c(=O)[nH]c1=O. The summed E-state index contributed by atoms with van der Waals surface area (Å²) in [4.78, 5) is 24.7. The molecule has 1 aromatic heterocycles. The van der Waals surface area contributed by atoms with Crippen molar-refractivity contribution in [3.63, 3.8) is 0 Å². The maximum Gasteiger partial charge on any atom is 0.330 e. The first-order valence-electron chi connectivity index (χ1n) is 5.36. The van der Waals surface area contributed by atoms with Gasteiger partial charge in [-0.05, 0) is 6.92 Å². The smallest absolute Gasteiger partial charge is 0.330 e. The number of nitrogens with zero attached hydrogens (tertiary/aromatic N) is 1. The Labute approximate surface area is 100 Å². The van der Waals surface area contributed by atoms with Gasteiger partial charge in [-0.25, -0.2) is 9.18 Å². The van der Waals surface area contributed by atoms with Crippen molar-refractivity contribution in [2.24, 2.45) is 0 Å². The zero-order valence-electron chi connectivity index (χ0n) is 9.54. The van der Waals surface area contributed by atoms with E-state index >= 15 is 0 Å². The highest BCUT2D eigenvalue weighted by Crippen LogP contribution is 2.30. The van der Waals surface area contributed by atoms with E-state index in [0.29, 0.717) is 0 Å². The summed E-state index contributed by atoms with van der Waals surface area (Å²) in [6.45, 7) is 0.895. The Morgan fingerprint density at radius 3 is 2.78 bits per heavy atom. The summed E-state index contributed by atoms with van der Waals surface area (Å²) in [6.07, 6.45) is -4.67. The van der Waals surface area contributed by atoms with Crippen molar-refractivity contribution >= 4 is 0 Å². The van der Waals surface area contributed by atoms with Crippen LogP contribution < -0.4 is 11.2 Å². The monoisotopic (exact) mass is 259 g/mol. The van der Waals surface area contributed by atoms with E-state index in [0.717, 1.165) is 10.8 Å². The maximum absolute atomic E-state index is 13.8. The number of aryl methyl sites for hydroxylation is 1. The van der Waals surface area contributed by atoms with Crippen molar-refractivity contribution in [1.29, 1.82) is 0 Å². The van der Waals surface area contributed by atoms with Crippen molar-refractivity contribution in [3.05, 3.63) is 32.6 Å². The van der Waals surface area contributed by atoms with Gasteiger partial charge in [0, 0.05) is 11.8 Å². The Morgan fingerprint density at radius 1 is 1.56 bits per heavy atom. The second-order valence-corrected chi connectivity index (χ2v) is 4.16. The van der Waals surface area contributed by atoms with Crippen LogP contribution in [-0.2, 0) is 4.74 Å². The minimum absolute atomic E-state index is 0.215. The molecule has 1 aromatic rings. The fourth-order valence-corrected chi connectivity index (χ4v) is 1.85. The number of halogens is 1.